The van der Waals surface area contributed by atoms with Gasteiger partial charge in [-0.15, -0.1) is 5.10 Å². The van der Waals surface area contributed by atoms with Crippen LogP contribution in [-0.2, 0) is 6.54 Å². The van der Waals surface area contributed by atoms with Crippen LogP contribution in [0.4, 0.5) is 20.4 Å². The first kappa shape index (κ1) is 21.6. The number of hydrogen-bond donors (Lipinski definition) is 1. The maximum atomic E-state index is 14.7. The fourth-order valence-corrected chi connectivity index (χ4v) is 3.75. The van der Waals surface area contributed by atoms with Crippen LogP contribution >= 0.6 is 0 Å². The Balaban J connectivity index is 1.62. The van der Waals surface area contributed by atoms with Gasteiger partial charge in [0.05, 0.1) is 0 Å². The van der Waals surface area contributed by atoms with Gasteiger partial charge in [0.1, 0.15) is 29.5 Å². The molecule has 0 aliphatic carbocycles. The topological polar surface area (TPSA) is 73.5 Å². The Morgan fingerprint density at radius 1 is 1.06 bits per heavy atom. The lowest BCUT2D eigenvalue weighted by Crippen LogP contribution is -2.11. The van der Waals surface area contributed by atoms with Crippen LogP contribution in [0, 0.1) is 18.6 Å². The molecule has 0 aliphatic heterocycles. The van der Waals surface area contributed by atoms with E-state index in [9.17, 15) is 8.78 Å². The molecule has 1 unspecified atom stereocenters. The van der Waals surface area contributed by atoms with Crippen molar-refractivity contribution in [3.05, 3.63) is 77.6 Å². The molecule has 0 spiro atoms. The lowest BCUT2D eigenvalue weighted by atomic mass is 9.93. The smallest absolute Gasteiger partial charge is 0.246 e. The minimum absolute atomic E-state index is 0.0157. The fraction of sp³-hybridized carbons (Fsp3) is 0.304. The lowest BCUT2D eigenvalue weighted by Gasteiger charge is -2.16. The van der Waals surface area contributed by atoms with Gasteiger partial charge in [-0.3, -0.25) is 0 Å². The van der Waals surface area contributed by atoms with Gasteiger partial charge >= 0.3 is 0 Å². The van der Waals surface area contributed by atoms with E-state index >= 15 is 0 Å². The van der Waals surface area contributed by atoms with Crippen molar-refractivity contribution in [1.82, 2.24) is 29.5 Å². The summed E-state index contributed by atoms with van der Waals surface area (Å²) in [6.45, 7) is 6.48. The SMILES string of the molecule is CCCC(c1ccc(F)cc1)c1nc(Nc2ccc(-n3ncnc3C)c(F)c2)nn1CC. The van der Waals surface area contributed by atoms with Gasteiger partial charge in [-0.05, 0) is 56.2 Å². The lowest BCUT2D eigenvalue weighted by molar-refractivity contribution is 0.561. The van der Waals surface area contributed by atoms with E-state index in [2.05, 4.69) is 27.4 Å². The Hall–Kier alpha value is -3.62. The molecule has 32 heavy (non-hydrogen) atoms. The van der Waals surface area contributed by atoms with Crippen molar-refractivity contribution in [2.24, 2.45) is 0 Å². The predicted molar refractivity (Wildman–Crippen MR) is 118 cm³/mol. The van der Waals surface area contributed by atoms with Crippen LogP contribution in [0.3, 0.4) is 0 Å². The second-order valence-electron chi connectivity index (χ2n) is 7.51. The summed E-state index contributed by atoms with van der Waals surface area (Å²) in [5, 5.41) is 11.7. The van der Waals surface area contributed by atoms with Crippen LogP contribution in [0.2, 0.25) is 0 Å². The Bertz CT molecular complexity index is 1200. The van der Waals surface area contributed by atoms with Gasteiger partial charge in [0.15, 0.2) is 5.82 Å². The van der Waals surface area contributed by atoms with Crippen LogP contribution < -0.4 is 5.32 Å². The van der Waals surface area contributed by atoms with E-state index in [-0.39, 0.29) is 11.7 Å². The number of nitrogens with one attached hydrogen (secondary N) is 1. The van der Waals surface area contributed by atoms with E-state index in [1.165, 1.54) is 29.2 Å². The van der Waals surface area contributed by atoms with Gasteiger partial charge in [-0.2, -0.15) is 10.1 Å². The largest absolute Gasteiger partial charge is 0.323 e. The van der Waals surface area contributed by atoms with Crippen molar-refractivity contribution in [2.45, 2.75) is 46.1 Å². The summed E-state index contributed by atoms with van der Waals surface area (Å²) in [7, 11) is 0. The third-order valence-corrected chi connectivity index (χ3v) is 5.31. The summed E-state index contributed by atoms with van der Waals surface area (Å²) < 4.78 is 31.4. The van der Waals surface area contributed by atoms with E-state index in [1.807, 2.05) is 11.6 Å². The molecule has 0 aliphatic rings. The third-order valence-electron chi connectivity index (χ3n) is 5.31. The van der Waals surface area contributed by atoms with Gasteiger partial charge in [0.2, 0.25) is 5.95 Å². The first-order valence-electron chi connectivity index (χ1n) is 10.6. The Labute approximate surface area is 185 Å². The quantitative estimate of drug-likeness (QED) is 0.413. The minimum Gasteiger partial charge on any atom is -0.323 e. The summed E-state index contributed by atoms with van der Waals surface area (Å²) >= 11 is 0. The van der Waals surface area contributed by atoms with Crippen LogP contribution in [-0.4, -0.2) is 29.5 Å². The number of halogens is 2. The van der Waals surface area contributed by atoms with E-state index in [4.69, 9.17) is 4.98 Å². The summed E-state index contributed by atoms with van der Waals surface area (Å²) in [5.41, 5.74) is 1.83. The molecule has 2 aromatic heterocycles. The number of rotatable bonds is 8. The summed E-state index contributed by atoms with van der Waals surface area (Å²) in [6, 6.07) is 11.3. The summed E-state index contributed by atoms with van der Waals surface area (Å²) in [6.07, 6.45) is 3.18. The first-order chi connectivity index (χ1) is 15.5. The highest BCUT2D eigenvalue weighted by Crippen LogP contribution is 2.30. The Kier molecular flexibility index (Phi) is 6.25. The summed E-state index contributed by atoms with van der Waals surface area (Å²) in [5.74, 6) is 1.05. The molecule has 2 aromatic carbocycles. The number of nitrogens with zero attached hydrogens (tertiary/aromatic N) is 6. The third kappa shape index (κ3) is 4.37. The fourth-order valence-electron chi connectivity index (χ4n) is 3.75. The molecule has 0 radical (unpaired) electrons. The monoisotopic (exact) mass is 437 g/mol. The normalized spacial score (nSPS) is 12.2. The molecular weight excluding hydrogens is 412 g/mol. The van der Waals surface area contributed by atoms with Gasteiger partial charge < -0.3 is 5.32 Å². The second-order valence-corrected chi connectivity index (χ2v) is 7.51. The molecule has 0 fully saturated rings. The molecule has 0 bridgehead atoms. The van der Waals surface area contributed by atoms with Crippen molar-refractivity contribution in [2.75, 3.05) is 5.32 Å². The first-order valence-corrected chi connectivity index (χ1v) is 10.6. The Morgan fingerprint density at radius 3 is 2.47 bits per heavy atom. The second kappa shape index (κ2) is 9.25. The average Bonchev–Trinajstić information content (AvgIpc) is 3.39. The standard InChI is InChI=1S/C23H25F2N7/c1-4-6-19(16-7-9-17(24)10-8-16)22-29-23(30-31(22)5-2)28-18-11-12-21(20(25)13-18)32-15(3)26-14-27-32/h7-14,19H,4-6H2,1-3H3,(H,28,30). The summed E-state index contributed by atoms with van der Waals surface area (Å²) in [4.78, 5) is 8.74. The molecule has 0 saturated carbocycles. The molecule has 4 rings (SSSR count). The van der Waals surface area contributed by atoms with Crippen LogP contribution in [0.5, 0.6) is 0 Å². The number of benzene rings is 2. The highest BCUT2D eigenvalue weighted by Gasteiger charge is 2.21. The zero-order chi connectivity index (χ0) is 22.7. The maximum Gasteiger partial charge on any atom is 0.246 e. The van der Waals surface area contributed by atoms with Crippen LogP contribution in [0.1, 0.15) is 49.8 Å². The predicted octanol–water partition coefficient (Wildman–Crippen LogP) is 5.14. The molecule has 4 aromatic rings. The van der Waals surface area contributed by atoms with E-state index in [1.54, 1.807) is 31.2 Å². The van der Waals surface area contributed by atoms with Crippen molar-refractivity contribution in [3.8, 4) is 5.69 Å². The maximum absolute atomic E-state index is 14.7. The molecule has 2 heterocycles. The zero-order valence-electron chi connectivity index (χ0n) is 18.3. The molecule has 7 nitrogen and oxygen atoms in total. The van der Waals surface area contributed by atoms with Crippen LogP contribution in [0.25, 0.3) is 5.69 Å². The zero-order valence-corrected chi connectivity index (χ0v) is 18.3. The Morgan fingerprint density at radius 2 is 1.84 bits per heavy atom. The molecule has 166 valence electrons. The van der Waals surface area contributed by atoms with Crippen molar-refractivity contribution >= 4 is 11.6 Å². The van der Waals surface area contributed by atoms with E-state index < -0.39 is 5.82 Å². The molecule has 1 atom stereocenters. The molecular formula is C23H25F2N7. The highest BCUT2D eigenvalue weighted by atomic mass is 19.1. The van der Waals surface area contributed by atoms with Crippen molar-refractivity contribution in [3.63, 3.8) is 0 Å². The number of anilines is 2. The van der Waals surface area contributed by atoms with Crippen molar-refractivity contribution in [1.29, 1.82) is 0 Å². The molecule has 0 amide bonds. The van der Waals surface area contributed by atoms with Crippen LogP contribution in [0.15, 0.2) is 48.8 Å². The van der Waals surface area contributed by atoms with E-state index in [0.29, 0.717) is 29.7 Å². The number of hydrogen-bond acceptors (Lipinski definition) is 5. The average molecular weight is 437 g/mol. The van der Waals surface area contributed by atoms with Crippen molar-refractivity contribution < 1.29 is 8.78 Å². The molecule has 1 N–H and O–H groups in total. The van der Waals surface area contributed by atoms with Gasteiger partial charge in [-0.1, -0.05) is 25.5 Å². The van der Waals surface area contributed by atoms with Gasteiger partial charge in [0.25, 0.3) is 0 Å². The minimum atomic E-state index is -0.436. The van der Waals surface area contributed by atoms with E-state index in [0.717, 1.165) is 24.2 Å². The van der Waals surface area contributed by atoms with Gasteiger partial charge in [0, 0.05) is 18.2 Å². The number of aromatic nitrogens is 6. The highest BCUT2D eigenvalue weighted by molar-refractivity contribution is 5.56. The molecule has 9 heteroatoms. The van der Waals surface area contributed by atoms with Gasteiger partial charge in [-0.25, -0.2) is 23.1 Å². The molecule has 0 saturated heterocycles. The number of aryl methyl sites for hydroxylation is 2.